The van der Waals surface area contributed by atoms with Gasteiger partial charge in [-0.2, -0.15) is 4.99 Å². The first-order chi connectivity index (χ1) is 8.83. The largest absolute Gasteiger partial charge is 0.184 e. The quantitative estimate of drug-likeness (QED) is 0.276. The number of hydrogen-bond donors (Lipinski definition) is 0. The Labute approximate surface area is 125 Å². The van der Waals surface area contributed by atoms with Crippen molar-refractivity contribution in [1.82, 2.24) is 0 Å². The van der Waals surface area contributed by atoms with Crippen LogP contribution in [0.3, 0.4) is 0 Å². The van der Waals surface area contributed by atoms with E-state index in [0.29, 0.717) is 0 Å². The highest BCUT2D eigenvalue weighted by Gasteiger charge is 2.06. The first-order valence-electron chi connectivity index (χ1n) is 5.74. The van der Waals surface area contributed by atoms with Gasteiger partial charge in [-0.05, 0) is 48.7 Å². The van der Waals surface area contributed by atoms with Crippen molar-refractivity contribution in [2.24, 2.45) is 4.99 Å². The molecule has 0 bridgehead atoms. The maximum absolute atomic E-state index is 4.61. The van der Waals surface area contributed by atoms with Crippen molar-refractivity contribution in [3.63, 3.8) is 0 Å². The summed E-state index contributed by atoms with van der Waals surface area (Å²) in [6.07, 6.45) is 2.54. The van der Waals surface area contributed by atoms with E-state index in [1.54, 1.807) is 11.3 Å². The molecule has 94 valence electrons. The molecule has 2 aromatic rings. The number of hydrogen-bond acceptors (Lipinski definition) is 5. The molecule has 0 aliphatic heterocycles. The molecular formula is C13H13NS4. The summed E-state index contributed by atoms with van der Waals surface area (Å²) in [4.78, 5) is 6.57. The maximum Gasteiger partial charge on any atom is 0.127 e. The van der Waals surface area contributed by atoms with Crippen molar-refractivity contribution in [2.45, 2.75) is 24.0 Å². The Morgan fingerprint density at radius 2 is 2.00 bits per heavy atom. The minimum Gasteiger partial charge on any atom is -0.184 e. The van der Waals surface area contributed by atoms with Gasteiger partial charge in [-0.15, -0.1) is 34.4 Å². The third-order valence-electron chi connectivity index (χ3n) is 2.31. The molecule has 0 aliphatic carbocycles. The molecule has 0 fully saturated rings. The van der Waals surface area contributed by atoms with Gasteiger partial charge in [0.25, 0.3) is 0 Å². The molecule has 2 heterocycles. The van der Waals surface area contributed by atoms with Crippen LogP contribution in [0.1, 0.15) is 19.8 Å². The molecule has 0 saturated heterocycles. The second-order valence-electron chi connectivity index (χ2n) is 3.66. The fourth-order valence-corrected chi connectivity index (χ4v) is 4.79. The summed E-state index contributed by atoms with van der Waals surface area (Å²) in [5, 5.41) is 3.33. The highest BCUT2D eigenvalue weighted by Crippen LogP contribution is 2.39. The fourth-order valence-electron chi connectivity index (χ4n) is 1.41. The minimum absolute atomic E-state index is 0.925. The van der Waals surface area contributed by atoms with E-state index >= 15 is 0 Å². The van der Waals surface area contributed by atoms with Gasteiger partial charge in [0, 0.05) is 9.75 Å². The van der Waals surface area contributed by atoms with Crippen LogP contribution in [-0.2, 0) is 0 Å². The van der Waals surface area contributed by atoms with E-state index in [0.717, 1.165) is 5.00 Å². The third kappa shape index (κ3) is 3.77. The molecule has 0 radical (unpaired) electrons. The molecule has 0 aliphatic rings. The van der Waals surface area contributed by atoms with Crippen LogP contribution in [0.4, 0.5) is 5.00 Å². The summed E-state index contributed by atoms with van der Waals surface area (Å²) >= 11 is 10.1. The second kappa shape index (κ2) is 7.22. The topological polar surface area (TPSA) is 12.4 Å². The number of unbranched alkanes of at least 4 members (excludes halogenated alkanes) is 1. The van der Waals surface area contributed by atoms with Gasteiger partial charge in [-0.25, -0.2) is 0 Å². The van der Waals surface area contributed by atoms with Crippen molar-refractivity contribution >= 4 is 56.8 Å². The molecule has 0 N–H and O–H groups in total. The molecule has 18 heavy (non-hydrogen) atoms. The lowest BCUT2D eigenvalue weighted by molar-refractivity contribution is 0.896. The van der Waals surface area contributed by atoms with Gasteiger partial charge in [0.15, 0.2) is 0 Å². The van der Waals surface area contributed by atoms with Crippen LogP contribution in [0.5, 0.6) is 0 Å². The zero-order chi connectivity index (χ0) is 12.8. The standard InChI is InChI=1S/C13H13NS4/c1-2-3-8-16-13-7-5-11(18-13)10-4-6-12(17-10)14-9-15/h4-7H,2-3,8H2,1H3. The zero-order valence-electron chi connectivity index (χ0n) is 10.0. The zero-order valence-corrected chi connectivity index (χ0v) is 13.3. The molecule has 0 amide bonds. The molecule has 2 rings (SSSR count). The van der Waals surface area contributed by atoms with E-state index in [4.69, 9.17) is 0 Å². The first kappa shape index (κ1) is 14.0. The summed E-state index contributed by atoms with van der Waals surface area (Å²) in [5.41, 5.74) is 0. The summed E-state index contributed by atoms with van der Waals surface area (Å²) in [7, 11) is 0. The van der Waals surface area contributed by atoms with E-state index in [1.165, 1.54) is 32.6 Å². The van der Waals surface area contributed by atoms with Crippen LogP contribution in [0.2, 0.25) is 0 Å². The maximum atomic E-state index is 4.61. The van der Waals surface area contributed by atoms with Gasteiger partial charge < -0.3 is 0 Å². The third-order valence-corrected chi connectivity index (χ3v) is 5.98. The number of thioether (sulfide) groups is 1. The van der Waals surface area contributed by atoms with Crippen LogP contribution >= 0.6 is 46.7 Å². The summed E-state index contributed by atoms with van der Waals surface area (Å²) < 4.78 is 1.40. The average molecular weight is 312 g/mol. The van der Waals surface area contributed by atoms with Crippen LogP contribution in [-0.4, -0.2) is 10.9 Å². The van der Waals surface area contributed by atoms with E-state index < -0.39 is 0 Å². The molecule has 1 nitrogen and oxygen atoms in total. The van der Waals surface area contributed by atoms with E-state index in [9.17, 15) is 0 Å². The van der Waals surface area contributed by atoms with Crippen LogP contribution in [0.15, 0.2) is 33.5 Å². The van der Waals surface area contributed by atoms with E-state index in [1.807, 2.05) is 29.2 Å². The molecular weight excluding hydrogens is 298 g/mol. The fraction of sp³-hybridized carbons (Fsp3) is 0.308. The summed E-state index contributed by atoms with van der Waals surface area (Å²) in [6, 6.07) is 8.49. The Morgan fingerprint density at radius 1 is 1.22 bits per heavy atom. The Bertz CT molecular complexity index is 549. The SMILES string of the molecule is CCCCSc1ccc(-c2ccc(N=C=S)s2)s1. The molecule has 0 atom stereocenters. The minimum atomic E-state index is 0.925. The van der Waals surface area contributed by atoms with Gasteiger partial charge >= 0.3 is 0 Å². The van der Waals surface area contributed by atoms with Crippen molar-refractivity contribution in [3.8, 4) is 9.75 Å². The monoisotopic (exact) mass is 311 g/mol. The first-order valence-corrected chi connectivity index (χ1v) is 8.77. The Hall–Kier alpha value is -0.450. The van der Waals surface area contributed by atoms with Crippen LogP contribution < -0.4 is 0 Å². The number of thiophene rings is 2. The second-order valence-corrected chi connectivity index (χ2v) is 7.39. The van der Waals surface area contributed by atoms with E-state index in [-0.39, 0.29) is 0 Å². The number of rotatable bonds is 6. The Kier molecular flexibility index (Phi) is 5.60. The molecule has 0 saturated carbocycles. The molecule has 5 heteroatoms. The predicted molar refractivity (Wildman–Crippen MR) is 88.0 cm³/mol. The van der Waals surface area contributed by atoms with E-state index in [2.05, 4.69) is 47.5 Å². The highest BCUT2D eigenvalue weighted by atomic mass is 32.2. The van der Waals surface area contributed by atoms with Crippen LogP contribution in [0.25, 0.3) is 9.75 Å². The highest BCUT2D eigenvalue weighted by molar-refractivity contribution is 8.01. The lowest BCUT2D eigenvalue weighted by Crippen LogP contribution is -1.73. The lowest BCUT2D eigenvalue weighted by atomic mass is 10.4. The van der Waals surface area contributed by atoms with Gasteiger partial charge in [-0.3, -0.25) is 0 Å². The Balaban J connectivity index is 2.06. The number of thiocarbonyl (C=S) groups is 1. The van der Waals surface area contributed by atoms with Gasteiger partial charge in [0.2, 0.25) is 0 Å². The predicted octanol–water partition coefficient (Wildman–Crippen LogP) is 6.10. The summed E-state index contributed by atoms with van der Waals surface area (Å²) in [6.45, 7) is 2.23. The summed E-state index contributed by atoms with van der Waals surface area (Å²) in [5.74, 6) is 1.21. The van der Waals surface area contributed by atoms with Gasteiger partial charge in [-0.1, -0.05) is 13.3 Å². The van der Waals surface area contributed by atoms with Gasteiger partial charge in [0.1, 0.15) is 5.00 Å². The Morgan fingerprint density at radius 3 is 2.78 bits per heavy atom. The smallest absolute Gasteiger partial charge is 0.127 e. The average Bonchev–Trinajstić information content (AvgIpc) is 2.98. The molecule has 0 unspecified atom stereocenters. The van der Waals surface area contributed by atoms with Crippen molar-refractivity contribution in [1.29, 1.82) is 0 Å². The number of aliphatic imine (C=N–C) groups is 1. The van der Waals surface area contributed by atoms with Crippen molar-refractivity contribution < 1.29 is 0 Å². The number of nitrogens with zero attached hydrogens (tertiary/aromatic N) is 1. The van der Waals surface area contributed by atoms with Crippen molar-refractivity contribution in [2.75, 3.05) is 5.75 Å². The van der Waals surface area contributed by atoms with Gasteiger partial charge in [0.05, 0.1) is 9.37 Å². The molecule has 0 aromatic carbocycles. The van der Waals surface area contributed by atoms with Crippen molar-refractivity contribution in [3.05, 3.63) is 24.3 Å². The van der Waals surface area contributed by atoms with Crippen LogP contribution in [0, 0.1) is 0 Å². The normalized spacial score (nSPS) is 10.3. The lowest BCUT2D eigenvalue weighted by Gasteiger charge is -1.94. The molecule has 0 spiro atoms. The molecule has 2 aromatic heterocycles. The number of isothiocyanates is 1.